The predicted molar refractivity (Wildman–Crippen MR) is 93.9 cm³/mol. The molecule has 6 nitrogen and oxygen atoms in total. The highest BCUT2D eigenvalue weighted by Crippen LogP contribution is 2.56. The third kappa shape index (κ3) is 2.63. The monoisotopic (exact) mass is 362 g/mol. The number of aliphatic hydroxyl groups is 2. The summed E-state index contributed by atoms with van der Waals surface area (Å²) in [6.45, 7) is 10.9. The number of fused-ring (bicyclic) bond motifs is 3. The van der Waals surface area contributed by atoms with Gasteiger partial charge in [0.2, 0.25) is 0 Å². The molecule has 2 fully saturated rings. The Hall–Kier alpha value is -1.92. The summed E-state index contributed by atoms with van der Waals surface area (Å²) in [6.07, 6.45) is -0.717. The van der Waals surface area contributed by atoms with Gasteiger partial charge < -0.3 is 19.7 Å². The quantitative estimate of drug-likeness (QED) is 0.442. The molecule has 1 heterocycles. The number of carbonyl (C=O) groups excluding carboxylic acids is 2. The Kier molecular flexibility index (Phi) is 4.61. The van der Waals surface area contributed by atoms with Crippen molar-refractivity contribution >= 4 is 11.9 Å². The predicted octanol–water partition coefficient (Wildman–Crippen LogP) is 1.81. The SMILES string of the molecule is C=C1C(=O)OC2C3=C(C)C(O)CC(O)C3(C)CC(OC(=O)C(C)=CC)C12. The van der Waals surface area contributed by atoms with Gasteiger partial charge in [0.25, 0.3) is 0 Å². The Morgan fingerprint density at radius 1 is 1.42 bits per heavy atom. The van der Waals surface area contributed by atoms with Crippen LogP contribution in [0.15, 0.2) is 34.9 Å². The second kappa shape index (κ2) is 6.35. The third-order valence-corrected chi connectivity index (χ3v) is 6.27. The summed E-state index contributed by atoms with van der Waals surface area (Å²) in [5.74, 6) is -1.49. The highest BCUT2D eigenvalue weighted by Gasteiger charge is 2.60. The first-order chi connectivity index (χ1) is 12.1. The number of ether oxygens (including phenoxy) is 2. The highest BCUT2D eigenvalue weighted by atomic mass is 16.6. The standard InChI is InChI=1S/C20H26O6/c1-6-9(2)18(23)25-13-8-20(5)14(22)7-12(21)10(3)16(20)17-15(13)11(4)19(24)26-17/h6,12-15,17,21-22H,4,7-8H2,1-3,5H3. The lowest BCUT2D eigenvalue weighted by molar-refractivity contribution is -0.156. The molecule has 0 aromatic heterocycles. The van der Waals surface area contributed by atoms with Crippen molar-refractivity contribution in [1.29, 1.82) is 0 Å². The molecule has 6 heteroatoms. The number of hydrogen-bond donors (Lipinski definition) is 2. The lowest BCUT2D eigenvalue weighted by atomic mass is 9.57. The molecule has 0 bridgehead atoms. The fourth-order valence-electron chi connectivity index (χ4n) is 4.50. The summed E-state index contributed by atoms with van der Waals surface area (Å²) in [5, 5.41) is 21.0. The largest absolute Gasteiger partial charge is 0.458 e. The van der Waals surface area contributed by atoms with E-state index in [9.17, 15) is 19.8 Å². The van der Waals surface area contributed by atoms with E-state index in [4.69, 9.17) is 9.47 Å². The number of esters is 2. The average Bonchev–Trinajstić information content (AvgIpc) is 2.87. The Morgan fingerprint density at radius 2 is 2.08 bits per heavy atom. The van der Waals surface area contributed by atoms with Gasteiger partial charge >= 0.3 is 11.9 Å². The molecule has 0 spiro atoms. The Morgan fingerprint density at radius 3 is 2.69 bits per heavy atom. The van der Waals surface area contributed by atoms with Crippen molar-refractivity contribution < 1.29 is 29.3 Å². The van der Waals surface area contributed by atoms with Gasteiger partial charge in [0.1, 0.15) is 12.2 Å². The number of hydrogen-bond acceptors (Lipinski definition) is 6. The number of allylic oxidation sites excluding steroid dienone is 1. The molecule has 142 valence electrons. The first-order valence-electron chi connectivity index (χ1n) is 8.92. The average molecular weight is 362 g/mol. The number of aliphatic hydroxyl groups excluding tert-OH is 2. The van der Waals surface area contributed by atoms with Crippen molar-refractivity contribution in [1.82, 2.24) is 0 Å². The molecular weight excluding hydrogens is 336 g/mol. The summed E-state index contributed by atoms with van der Waals surface area (Å²) in [7, 11) is 0. The van der Waals surface area contributed by atoms with E-state index in [1.165, 1.54) is 0 Å². The van der Waals surface area contributed by atoms with Gasteiger partial charge in [0.05, 0.1) is 18.1 Å². The van der Waals surface area contributed by atoms with Crippen molar-refractivity contribution in [3.63, 3.8) is 0 Å². The van der Waals surface area contributed by atoms with Gasteiger partial charge in [0.15, 0.2) is 0 Å². The van der Waals surface area contributed by atoms with Crippen LogP contribution in [0.3, 0.4) is 0 Å². The molecule has 26 heavy (non-hydrogen) atoms. The van der Waals surface area contributed by atoms with Crippen LogP contribution < -0.4 is 0 Å². The molecule has 6 atom stereocenters. The molecule has 1 saturated heterocycles. The minimum atomic E-state index is -0.825. The zero-order valence-electron chi connectivity index (χ0n) is 15.6. The van der Waals surface area contributed by atoms with Crippen LogP contribution in [0.25, 0.3) is 0 Å². The van der Waals surface area contributed by atoms with Crippen LogP contribution in [-0.4, -0.2) is 46.6 Å². The van der Waals surface area contributed by atoms with E-state index in [1.54, 1.807) is 26.8 Å². The van der Waals surface area contributed by atoms with Gasteiger partial charge in [-0.2, -0.15) is 0 Å². The molecule has 0 aromatic rings. The maximum absolute atomic E-state index is 12.3. The smallest absolute Gasteiger partial charge is 0.334 e. The molecule has 0 amide bonds. The third-order valence-electron chi connectivity index (χ3n) is 6.27. The van der Waals surface area contributed by atoms with Crippen LogP contribution in [0.4, 0.5) is 0 Å². The van der Waals surface area contributed by atoms with Crippen LogP contribution in [0, 0.1) is 11.3 Å². The van der Waals surface area contributed by atoms with E-state index in [-0.39, 0.29) is 12.0 Å². The van der Waals surface area contributed by atoms with Gasteiger partial charge in [-0.3, -0.25) is 0 Å². The van der Waals surface area contributed by atoms with E-state index in [0.29, 0.717) is 17.6 Å². The molecule has 1 aliphatic heterocycles. The molecule has 3 rings (SSSR count). The summed E-state index contributed by atoms with van der Waals surface area (Å²) in [5.41, 5.74) is 1.44. The van der Waals surface area contributed by atoms with Gasteiger partial charge in [-0.15, -0.1) is 0 Å². The van der Waals surface area contributed by atoms with Crippen molar-refractivity contribution in [3.8, 4) is 0 Å². The van der Waals surface area contributed by atoms with Crippen molar-refractivity contribution in [3.05, 3.63) is 34.9 Å². The molecule has 3 aliphatic rings. The van der Waals surface area contributed by atoms with Crippen molar-refractivity contribution in [2.75, 3.05) is 0 Å². The topological polar surface area (TPSA) is 93.1 Å². The fraction of sp³-hybridized carbons (Fsp3) is 0.600. The molecule has 6 unspecified atom stereocenters. The van der Waals surface area contributed by atoms with Gasteiger partial charge in [-0.05, 0) is 38.3 Å². The maximum Gasteiger partial charge on any atom is 0.334 e. The molecule has 2 aliphatic carbocycles. The first-order valence-corrected chi connectivity index (χ1v) is 8.92. The minimum Gasteiger partial charge on any atom is -0.458 e. The van der Waals surface area contributed by atoms with E-state index >= 15 is 0 Å². The number of rotatable bonds is 2. The fourth-order valence-corrected chi connectivity index (χ4v) is 4.50. The second-order valence-corrected chi connectivity index (χ2v) is 7.78. The van der Waals surface area contributed by atoms with Crippen LogP contribution in [-0.2, 0) is 19.1 Å². The first kappa shape index (κ1) is 18.9. The number of carbonyl (C=O) groups is 2. The maximum atomic E-state index is 12.3. The molecule has 0 radical (unpaired) electrons. The van der Waals surface area contributed by atoms with Crippen molar-refractivity contribution in [2.45, 2.75) is 65.0 Å². The van der Waals surface area contributed by atoms with Gasteiger partial charge in [-0.1, -0.05) is 19.6 Å². The second-order valence-electron chi connectivity index (χ2n) is 7.78. The lowest BCUT2D eigenvalue weighted by Crippen LogP contribution is -2.55. The van der Waals surface area contributed by atoms with Crippen LogP contribution >= 0.6 is 0 Å². The summed E-state index contributed by atoms with van der Waals surface area (Å²) >= 11 is 0. The zero-order chi connectivity index (χ0) is 19.4. The van der Waals surface area contributed by atoms with Crippen molar-refractivity contribution in [2.24, 2.45) is 11.3 Å². The summed E-state index contributed by atoms with van der Waals surface area (Å²) in [6, 6.07) is 0. The van der Waals surface area contributed by atoms with E-state index < -0.39 is 47.7 Å². The normalized spacial score (nSPS) is 40.1. The molecule has 1 saturated carbocycles. The molecule has 0 aromatic carbocycles. The lowest BCUT2D eigenvalue weighted by Gasteiger charge is -2.51. The highest BCUT2D eigenvalue weighted by molar-refractivity contribution is 5.92. The molecular formula is C20H26O6. The Bertz CT molecular complexity index is 733. The molecule has 2 N–H and O–H groups in total. The summed E-state index contributed by atoms with van der Waals surface area (Å²) in [4.78, 5) is 24.5. The summed E-state index contributed by atoms with van der Waals surface area (Å²) < 4.78 is 11.3. The van der Waals surface area contributed by atoms with E-state index in [2.05, 4.69) is 6.58 Å². The van der Waals surface area contributed by atoms with Gasteiger partial charge in [0, 0.05) is 23.0 Å². The van der Waals surface area contributed by atoms with Gasteiger partial charge in [-0.25, -0.2) is 9.59 Å². The van der Waals surface area contributed by atoms with E-state index in [1.807, 2.05) is 6.92 Å². The van der Waals surface area contributed by atoms with E-state index in [0.717, 1.165) is 5.57 Å². The van der Waals surface area contributed by atoms with Crippen LogP contribution in [0.5, 0.6) is 0 Å². The Balaban J connectivity index is 2.06. The minimum absolute atomic E-state index is 0.201. The Labute approximate surface area is 153 Å². The van der Waals surface area contributed by atoms with Crippen LogP contribution in [0.1, 0.15) is 40.5 Å². The van der Waals surface area contributed by atoms with Crippen LogP contribution in [0.2, 0.25) is 0 Å². The zero-order valence-corrected chi connectivity index (χ0v) is 15.6.